The topological polar surface area (TPSA) is 27.1 Å². The first kappa shape index (κ1) is 16.7. The highest BCUT2D eigenvalue weighted by Crippen LogP contribution is 2.26. The Morgan fingerprint density at radius 2 is 1.81 bits per heavy atom. The predicted octanol–water partition coefficient (Wildman–Crippen LogP) is 5.74. The van der Waals surface area contributed by atoms with Gasteiger partial charge in [0.25, 0.3) is 0 Å². The number of ether oxygens (including phenoxy) is 1. The molecule has 0 saturated carbocycles. The van der Waals surface area contributed by atoms with Crippen LogP contribution in [0.5, 0.6) is 5.75 Å². The van der Waals surface area contributed by atoms with Crippen LogP contribution in [-0.2, 0) is 6.54 Å². The van der Waals surface area contributed by atoms with E-state index in [-0.39, 0.29) is 0 Å². The highest BCUT2D eigenvalue weighted by atomic mass is 35.5. The van der Waals surface area contributed by atoms with Gasteiger partial charge in [0, 0.05) is 10.6 Å². The zero-order chi connectivity index (χ0) is 17.9. The fraction of sp³-hybridized carbons (Fsp3) is 0.136. The van der Waals surface area contributed by atoms with Gasteiger partial charge in [0.2, 0.25) is 0 Å². The van der Waals surface area contributed by atoms with Crippen molar-refractivity contribution in [3.63, 3.8) is 0 Å². The van der Waals surface area contributed by atoms with Crippen LogP contribution in [0.4, 0.5) is 0 Å². The van der Waals surface area contributed by atoms with Crippen molar-refractivity contribution in [2.24, 2.45) is 0 Å². The van der Waals surface area contributed by atoms with Gasteiger partial charge in [0.15, 0.2) is 0 Å². The van der Waals surface area contributed by atoms with Crippen molar-refractivity contribution in [3.8, 4) is 17.1 Å². The first-order valence-corrected chi connectivity index (χ1v) is 8.99. The van der Waals surface area contributed by atoms with E-state index in [1.54, 1.807) is 0 Å². The molecule has 1 aromatic heterocycles. The van der Waals surface area contributed by atoms with Crippen LogP contribution in [0, 0.1) is 6.92 Å². The van der Waals surface area contributed by atoms with E-state index in [0.717, 1.165) is 28.2 Å². The molecule has 130 valence electrons. The van der Waals surface area contributed by atoms with Crippen molar-refractivity contribution < 1.29 is 4.74 Å². The summed E-state index contributed by atoms with van der Waals surface area (Å²) < 4.78 is 8.14. The van der Waals surface area contributed by atoms with Gasteiger partial charge < -0.3 is 9.30 Å². The Kier molecular flexibility index (Phi) is 4.63. The molecule has 0 N–H and O–H groups in total. The number of imidazole rings is 1. The smallest absolute Gasteiger partial charge is 0.141 e. The lowest BCUT2D eigenvalue weighted by atomic mass is 10.2. The Hall–Kier alpha value is -2.78. The molecule has 1 heterocycles. The molecule has 0 bridgehead atoms. The number of fused-ring (bicyclic) bond motifs is 1. The minimum absolute atomic E-state index is 0.567. The summed E-state index contributed by atoms with van der Waals surface area (Å²) >= 11 is 6.18. The Morgan fingerprint density at radius 1 is 0.962 bits per heavy atom. The number of aryl methyl sites for hydroxylation is 1. The van der Waals surface area contributed by atoms with E-state index in [0.29, 0.717) is 18.2 Å². The SMILES string of the molecule is Cc1cccc(OCCn2c(-c3cccc(Cl)c3)nc3ccccc32)c1. The average molecular weight is 363 g/mol. The molecule has 0 fully saturated rings. The number of hydrogen-bond acceptors (Lipinski definition) is 2. The van der Waals surface area contributed by atoms with Gasteiger partial charge in [-0.1, -0.05) is 48.0 Å². The van der Waals surface area contributed by atoms with Crippen LogP contribution in [0.1, 0.15) is 5.56 Å². The maximum atomic E-state index is 6.18. The average Bonchev–Trinajstić information content (AvgIpc) is 3.01. The van der Waals surface area contributed by atoms with Gasteiger partial charge in [-0.2, -0.15) is 0 Å². The summed E-state index contributed by atoms with van der Waals surface area (Å²) in [5.41, 5.74) is 4.26. The minimum atomic E-state index is 0.567. The molecule has 3 aromatic carbocycles. The van der Waals surface area contributed by atoms with Gasteiger partial charge >= 0.3 is 0 Å². The standard InChI is InChI=1S/C22H19ClN2O/c1-16-6-4-9-19(14-16)26-13-12-25-21-11-3-2-10-20(21)24-22(25)17-7-5-8-18(23)15-17/h2-11,14-15H,12-13H2,1H3. The molecule has 0 saturated heterocycles. The monoisotopic (exact) mass is 362 g/mol. The molecule has 0 aliphatic carbocycles. The molecule has 0 spiro atoms. The number of benzene rings is 3. The second-order valence-corrected chi connectivity index (χ2v) is 6.69. The lowest BCUT2D eigenvalue weighted by molar-refractivity contribution is 0.300. The fourth-order valence-electron chi connectivity index (χ4n) is 3.11. The van der Waals surface area contributed by atoms with Crippen molar-refractivity contribution in [1.29, 1.82) is 0 Å². The Balaban J connectivity index is 1.65. The molecule has 0 aliphatic heterocycles. The van der Waals surface area contributed by atoms with Crippen LogP contribution in [0.3, 0.4) is 0 Å². The third-order valence-corrected chi connectivity index (χ3v) is 4.55. The van der Waals surface area contributed by atoms with E-state index in [9.17, 15) is 0 Å². The molecule has 0 amide bonds. The van der Waals surface area contributed by atoms with Gasteiger partial charge in [0.05, 0.1) is 17.6 Å². The van der Waals surface area contributed by atoms with E-state index in [4.69, 9.17) is 21.3 Å². The summed E-state index contributed by atoms with van der Waals surface area (Å²) in [7, 11) is 0. The quantitative estimate of drug-likeness (QED) is 0.452. The molecular formula is C22H19ClN2O. The third kappa shape index (κ3) is 3.44. The minimum Gasteiger partial charge on any atom is -0.492 e. The van der Waals surface area contributed by atoms with Gasteiger partial charge in [-0.15, -0.1) is 0 Å². The Bertz CT molecular complexity index is 1050. The van der Waals surface area contributed by atoms with E-state index in [1.807, 2.05) is 60.7 Å². The van der Waals surface area contributed by atoms with Crippen LogP contribution in [0.2, 0.25) is 5.02 Å². The van der Waals surface area contributed by atoms with Crippen molar-refractivity contribution in [1.82, 2.24) is 9.55 Å². The van der Waals surface area contributed by atoms with Crippen molar-refractivity contribution >= 4 is 22.6 Å². The summed E-state index contributed by atoms with van der Waals surface area (Å²) in [6.45, 7) is 3.33. The lowest BCUT2D eigenvalue weighted by Gasteiger charge is -2.11. The second-order valence-electron chi connectivity index (χ2n) is 6.25. The van der Waals surface area contributed by atoms with Gasteiger partial charge in [-0.3, -0.25) is 0 Å². The summed E-state index contributed by atoms with van der Waals surface area (Å²) in [6, 6.07) is 24.1. The van der Waals surface area contributed by atoms with E-state index < -0.39 is 0 Å². The van der Waals surface area contributed by atoms with Crippen LogP contribution in [0.15, 0.2) is 72.8 Å². The molecule has 0 atom stereocenters. The summed E-state index contributed by atoms with van der Waals surface area (Å²) in [5.74, 6) is 1.79. The molecule has 3 nitrogen and oxygen atoms in total. The van der Waals surface area contributed by atoms with E-state index in [1.165, 1.54) is 5.56 Å². The molecule has 4 heteroatoms. The van der Waals surface area contributed by atoms with E-state index in [2.05, 4.69) is 23.6 Å². The molecular weight excluding hydrogens is 344 g/mol. The summed E-state index contributed by atoms with van der Waals surface area (Å²) in [5, 5.41) is 0.706. The molecule has 0 aliphatic rings. The maximum Gasteiger partial charge on any atom is 0.141 e. The van der Waals surface area contributed by atoms with Crippen molar-refractivity contribution in [3.05, 3.63) is 83.4 Å². The maximum absolute atomic E-state index is 6.18. The number of rotatable bonds is 5. The first-order valence-electron chi connectivity index (χ1n) is 8.61. The molecule has 4 rings (SSSR count). The zero-order valence-electron chi connectivity index (χ0n) is 14.5. The number of halogens is 1. The van der Waals surface area contributed by atoms with Crippen molar-refractivity contribution in [2.75, 3.05) is 6.61 Å². The van der Waals surface area contributed by atoms with Crippen LogP contribution in [0.25, 0.3) is 22.4 Å². The Morgan fingerprint density at radius 3 is 2.65 bits per heavy atom. The largest absolute Gasteiger partial charge is 0.492 e. The molecule has 26 heavy (non-hydrogen) atoms. The van der Waals surface area contributed by atoms with Gasteiger partial charge in [-0.25, -0.2) is 4.98 Å². The lowest BCUT2D eigenvalue weighted by Crippen LogP contribution is -2.09. The number of hydrogen-bond donors (Lipinski definition) is 0. The van der Waals surface area contributed by atoms with Crippen LogP contribution in [-0.4, -0.2) is 16.2 Å². The fourth-order valence-corrected chi connectivity index (χ4v) is 3.30. The summed E-state index contributed by atoms with van der Waals surface area (Å²) in [4.78, 5) is 4.81. The van der Waals surface area contributed by atoms with Gasteiger partial charge in [0.1, 0.15) is 18.2 Å². The van der Waals surface area contributed by atoms with Crippen molar-refractivity contribution in [2.45, 2.75) is 13.5 Å². The summed E-state index contributed by atoms with van der Waals surface area (Å²) in [6.07, 6.45) is 0. The van der Waals surface area contributed by atoms with Gasteiger partial charge in [-0.05, 0) is 48.9 Å². The number of aromatic nitrogens is 2. The molecule has 0 radical (unpaired) electrons. The Labute approximate surface area is 157 Å². The first-order chi connectivity index (χ1) is 12.7. The molecule has 0 unspecified atom stereocenters. The molecule has 4 aromatic rings. The van der Waals surface area contributed by atoms with Crippen LogP contribution < -0.4 is 4.74 Å². The zero-order valence-corrected chi connectivity index (χ0v) is 15.3. The second kappa shape index (κ2) is 7.22. The normalized spacial score (nSPS) is 11.0. The highest BCUT2D eigenvalue weighted by molar-refractivity contribution is 6.30. The highest BCUT2D eigenvalue weighted by Gasteiger charge is 2.12. The third-order valence-electron chi connectivity index (χ3n) is 4.31. The van der Waals surface area contributed by atoms with Crippen LogP contribution >= 0.6 is 11.6 Å². The van der Waals surface area contributed by atoms with E-state index >= 15 is 0 Å². The predicted molar refractivity (Wildman–Crippen MR) is 107 cm³/mol. The number of nitrogens with zero attached hydrogens (tertiary/aromatic N) is 2. The number of para-hydroxylation sites is 2.